The smallest absolute Gasteiger partial charge is 0.418 e. The van der Waals surface area contributed by atoms with E-state index in [2.05, 4.69) is 10.5 Å². The number of benzene rings is 3. The van der Waals surface area contributed by atoms with Gasteiger partial charge in [-0.05, 0) is 29.0 Å². The Kier molecular flexibility index (Phi) is 4.12. The van der Waals surface area contributed by atoms with E-state index in [9.17, 15) is 18.3 Å². The molecule has 0 fully saturated rings. The van der Waals surface area contributed by atoms with Gasteiger partial charge in [-0.3, -0.25) is 5.43 Å². The molecule has 0 saturated carbocycles. The number of hydrogen-bond donors (Lipinski definition) is 2. The summed E-state index contributed by atoms with van der Waals surface area (Å²) in [6.07, 6.45) is -3.16. The predicted molar refractivity (Wildman–Crippen MR) is 88.3 cm³/mol. The first kappa shape index (κ1) is 15.9. The van der Waals surface area contributed by atoms with E-state index in [0.29, 0.717) is 5.56 Å². The van der Waals surface area contributed by atoms with Gasteiger partial charge in [-0.25, -0.2) is 0 Å². The van der Waals surface area contributed by atoms with Crippen molar-refractivity contribution < 1.29 is 18.3 Å². The minimum atomic E-state index is -4.47. The molecular weight excluding hydrogens is 317 g/mol. The average Bonchev–Trinajstić information content (AvgIpc) is 2.56. The number of anilines is 1. The highest BCUT2D eigenvalue weighted by atomic mass is 19.4. The predicted octanol–water partition coefficient (Wildman–Crippen LogP) is 5.01. The van der Waals surface area contributed by atoms with Crippen molar-refractivity contribution in [1.82, 2.24) is 0 Å². The van der Waals surface area contributed by atoms with E-state index in [1.165, 1.54) is 30.5 Å². The molecule has 3 aromatic rings. The van der Waals surface area contributed by atoms with Crippen molar-refractivity contribution in [3.63, 3.8) is 0 Å². The average molecular weight is 330 g/mol. The maximum absolute atomic E-state index is 12.9. The lowest BCUT2D eigenvalue weighted by Gasteiger charge is -2.11. The van der Waals surface area contributed by atoms with Crippen LogP contribution in [0.4, 0.5) is 18.9 Å². The molecule has 0 atom stereocenters. The monoisotopic (exact) mass is 330 g/mol. The van der Waals surface area contributed by atoms with Crippen LogP contribution in [0.25, 0.3) is 10.8 Å². The van der Waals surface area contributed by atoms with Gasteiger partial charge in [0.2, 0.25) is 0 Å². The molecule has 0 unspecified atom stereocenters. The number of nitrogens with zero attached hydrogens (tertiary/aromatic N) is 1. The summed E-state index contributed by atoms with van der Waals surface area (Å²) in [5, 5.41) is 15.5. The first-order valence-electron chi connectivity index (χ1n) is 7.13. The lowest BCUT2D eigenvalue weighted by Crippen LogP contribution is -2.08. The number of fused-ring (bicyclic) bond motifs is 1. The van der Waals surface area contributed by atoms with Gasteiger partial charge < -0.3 is 5.11 Å². The van der Waals surface area contributed by atoms with Gasteiger partial charge in [-0.15, -0.1) is 0 Å². The van der Waals surface area contributed by atoms with Crippen molar-refractivity contribution in [3.8, 4) is 5.75 Å². The lowest BCUT2D eigenvalue weighted by molar-refractivity contribution is -0.136. The molecule has 6 heteroatoms. The molecule has 0 aliphatic carbocycles. The van der Waals surface area contributed by atoms with Crippen LogP contribution in [0.15, 0.2) is 65.8 Å². The minimum Gasteiger partial charge on any atom is -0.507 e. The van der Waals surface area contributed by atoms with Crippen molar-refractivity contribution >= 4 is 22.7 Å². The molecular formula is C18H13F3N2O. The summed E-state index contributed by atoms with van der Waals surface area (Å²) >= 11 is 0. The maximum Gasteiger partial charge on any atom is 0.418 e. The number of hydrogen-bond acceptors (Lipinski definition) is 3. The third-order valence-corrected chi connectivity index (χ3v) is 3.56. The van der Waals surface area contributed by atoms with Gasteiger partial charge >= 0.3 is 6.18 Å². The molecule has 0 bridgehead atoms. The van der Waals surface area contributed by atoms with Gasteiger partial charge in [0.15, 0.2) is 0 Å². The maximum atomic E-state index is 12.9. The fraction of sp³-hybridized carbons (Fsp3) is 0.0556. The summed E-state index contributed by atoms with van der Waals surface area (Å²) in [6, 6.07) is 15.7. The highest BCUT2D eigenvalue weighted by Gasteiger charge is 2.33. The topological polar surface area (TPSA) is 44.6 Å². The van der Waals surface area contributed by atoms with Gasteiger partial charge in [0, 0.05) is 5.56 Å². The highest BCUT2D eigenvalue weighted by molar-refractivity contribution is 6.02. The van der Waals surface area contributed by atoms with Crippen molar-refractivity contribution in [2.45, 2.75) is 6.18 Å². The van der Waals surface area contributed by atoms with Gasteiger partial charge in [-0.2, -0.15) is 18.3 Å². The van der Waals surface area contributed by atoms with Gasteiger partial charge in [0.1, 0.15) is 5.75 Å². The lowest BCUT2D eigenvalue weighted by atomic mass is 10.0. The zero-order valence-electron chi connectivity index (χ0n) is 12.4. The summed E-state index contributed by atoms with van der Waals surface area (Å²) in [5.41, 5.74) is 1.88. The molecule has 3 nitrogen and oxygen atoms in total. The Bertz CT molecular complexity index is 904. The van der Waals surface area contributed by atoms with Gasteiger partial charge in [0.25, 0.3) is 0 Å². The first-order chi connectivity index (χ1) is 11.5. The highest BCUT2D eigenvalue weighted by Crippen LogP contribution is 2.34. The Morgan fingerprint density at radius 3 is 2.42 bits per heavy atom. The normalized spacial score (nSPS) is 12.0. The molecule has 2 N–H and O–H groups in total. The number of aromatic hydroxyl groups is 1. The first-order valence-corrected chi connectivity index (χ1v) is 7.13. The molecule has 3 aromatic carbocycles. The molecule has 0 saturated heterocycles. The Balaban J connectivity index is 1.93. The molecule has 0 heterocycles. The second kappa shape index (κ2) is 6.23. The van der Waals surface area contributed by atoms with Crippen LogP contribution in [0.5, 0.6) is 5.75 Å². The molecule has 3 rings (SSSR count). The third-order valence-electron chi connectivity index (χ3n) is 3.56. The molecule has 0 radical (unpaired) electrons. The molecule has 0 aliphatic rings. The van der Waals surface area contributed by atoms with E-state index in [1.54, 1.807) is 12.1 Å². The van der Waals surface area contributed by atoms with Crippen LogP contribution in [0.2, 0.25) is 0 Å². The molecule has 0 amide bonds. The van der Waals surface area contributed by atoms with Crippen LogP contribution in [0, 0.1) is 0 Å². The van der Waals surface area contributed by atoms with Crippen molar-refractivity contribution in [3.05, 3.63) is 71.8 Å². The van der Waals surface area contributed by atoms with Crippen LogP contribution < -0.4 is 5.43 Å². The number of nitrogens with one attached hydrogen (secondary N) is 1. The van der Waals surface area contributed by atoms with Crippen molar-refractivity contribution in [2.75, 3.05) is 5.43 Å². The van der Waals surface area contributed by atoms with Crippen LogP contribution in [0.3, 0.4) is 0 Å². The van der Waals surface area contributed by atoms with Crippen molar-refractivity contribution in [1.29, 1.82) is 0 Å². The van der Waals surface area contributed by atoms with E-state index >= 15 is 0 Å². The van der Waals surface area contributed by atoms with Gasteiger partial charge in [-0.1, -0.05) is 42.5 Å². The summed E-state index contributed by atoms with van der Waals surface area (Å²) in [6.45, 7) is 0. The SMILES string of the molecule is Oc1ccc2ccccc2c1/C=N/Nc1ccccc1C(F)(F)F. The second-order valence-electron chi connectivity index (χ2n) is 5.13. The van der Waals surface area contributed by atoms with Crippen LogP contribution in [-0.2, 0) is 6.18 Å². The third kappa shape index (κ3) is 3.17. The zero-order valence-corrected chi connectivity index (χ0v) is 12.4. The minimum absolute atomic E-state index is 0.00311. The van der Waals surface area contributed by atoms with Crippen LogP contribution in [-0.4, -0.2) is 11.3 Å². The van der Waals surface area contributed by atoms with Crippen LogP contribution >= 0.6 is 0 Å². The number of hydrazone groups is 1. The van der Waals surface area contributed by atoms with Crippen LogP contribution in [0.1, 0.15) is 11.1 Å². The van der Waals surface area contributed by atoms with E-state index in [-0.39, 0.29) is 11.4 Å². The summed E-state index contributed by atoms with van der Waals surface area (Å²) < 4.78 is 38.8. The molecule has 0 aliphatic heterocycles. The largest absolute Gasteiger partial charge is 0.507 e. The second-order valence-corrected chi connectivity index (χ2v) is 5.13. The number of phenolic OH excluding ortho intramolecular Hbond substituents is 1. The molecule has 0 aromatic heterocycles. The van der Waals surface area contributed by atoms with E-state index in [1.807, 2.05) is 18.2 Å². The number of rotatable bonds is 3. The molecule has 24 heavy (non-hydrogen) atoms. The van der Waals surface area contributed by atoms with Crippen molar-refractivity contribution in [2.24, 2.45) is 5.10 Å². The Labute approximate surface area is 136 Å². The zero-order chi connectivity index (χ0) is 17.2. The summed E-state index contributed by atoms with van der Waals surface area (Å²) in [4.78, 5) is 0. The van der Waals surface area contributed by atoms with E-state index in [0.717, 1.165) is 16.8 Å². The van der Waals surface area contributed by atoms with E-state index in [4.69, 9.17) is 0 Å². The Morgan fingerprint density at radius 1 is 0.917 bits per heavy atom. The molecule has 0 spiro atoms. The number of alkyl halides is 3. The molecule has 122 valence electrons. The number of phenols is 1. The summed E-state index contributed by atoms with van der Waals surface area (Å²) in [7, 11) is 0. The summed E-state index contributed by atoms with van der Waals surface area (Å²) in [5.74, 6) is 0.00311. The standard InChI is InChI=1S/C18H13F3N2O/c19-18(20,21)15-7-3-4-8-16(15)23-22-11-14-13-6-2-1-5-12(13)9-10-17(14)24/h1-11,23-24H/b22-11+. The number of para-hydroxylation sites is 1. The quantitative estimate of drug-likeness (QED) is 0.524. The fourth-order valence-corrected chi connectivity index (χ4v) is 2.41. The fourth-order valence-electron chi connectivity index (χ4n) is 2.41. The number of halogens is 3. The Hall–Kier alpha value is -3.02. The Morgan fingerprint density at radius 2 is 1.62 bits per heavy atom. The van der Waals surface area contributed by atoms with E-state index < -0.39 is 11.7 Å². The van der Waals surface area contributed by atoms with Gasteiger partial charge in [0.05, 0.1) is 17.5 Å².